The predicted octanol–water partition coefficient (Wildman–Crippen LogP) is 2.48. The van der Waals surface area contributed by atoms with Crippen LogP contribution >= 0.6 is 23.7 Å². The van der Waals surface area contributed by atoms with Crippen LogP contribution in [0.1, 0.15) is 31.6 Å². The molecule has 18 heavy (non-hydrogen) atoms. The van der Waals surface area contributed by atoms with Crippen molar-refractivity contribution in [2.24, 2.45) is 11.8 Å². The molecule has 1 fully saturated rings. The lowest BCUT2D eigenvalue weighted by Crippen LogP contribution is -2.48. The van der Waals surface area contributed by atoms with Gasteiger partial charge in [-0.3, -0.25) is 4.79 Å². The number of anilines is 1. The van der Waals surface area contributed by atoms with Crippen LogP contribution in [-0.2, 0) is 4.79 Å². The van der Waals surface area contributed by atoms with Crippen molar-refractivity contribution in [2.75, 3.05) is 18.4 Å². The number of carbonyl (C=O) groups is 1. The van der Waals surface area contributed by atoms with E-state index in [1.165, 1.54) is 4.88 Å². The Kier molecular flexibility index (Phi) is 5.56. The number of nitrogens with one attached hydrogen (secondary N) is 2. The molecule has 2 rings (SSSR count). The molecule has 1 aromatic heterocycles. The molecular formula is C12H20ClN3OS. The van der Waals surface area contributed by atoms with E-state index in [0.717, 1.165) is 18.2 Å². The van der Waals surface area contributed by atoms with E-state index in [4.69, 9.17) is 0 Å². The Morgan fingerprint density at radius 3 is 2.61 bits per heavy atom. The van der Waals surface area contributed by atoms with Crippen LogP contribution in [0.15, 0.2) is 6.20 Å². The maximum Gasteiger partial charge on any atom is 0.229 e. The molecule has 2 heterocycles. The number of nitrogens with zero attached hydrogens (tertiary/aromatic N) is 1. The second-order valence-electron chi connectivity index (χ2n) is 4.92. The van der Waals surface area contributed by atoms with Gasteiger partial charge in [-0.2, -0.15) is 0 Å². The highest BCUT2D eigenvalue weighted by atomic mass is 35.5. The number of thiazole rings is 1. The highest BCUT2D eigenvalue weighted by Gasteiger charge is 2.29. The van der Waals surface area contributed by atoms with E-state index in [1.54, 1.807) is 11.3 Å². The van der Waals surface area contributed by atoms with Gasteiger partial charge in [0.05, 0.1) is 0 Å². The summed E-state index contributed by atoms with van der Waals surface area (Å²) in [6.45, 7) is 8.13. The van der Waals surface area contributed by atoms with Gasteiger partial charge in [0, 0.05) is 17.0 Å². The first-order valence-electron chi connectivity index (χ1n) is 6.05. The third-order valence-corrected chi connectivity index (χ3v) is 4.47. The maximum absolute atomic E-state index is 12.0. The minimum absolute atomic E-state index is 0. The van der Waals surface area contributed by atoms with Gasteiger partial charge in [-0.1, -0.05) is 20.8 Å². The van der Waals surface area contributed by atoms with Crippen molar-refractivity contribution in [3.63, 3.8) is 0 Å². The van der Waals surface area contributed by atoms with E-state index in [9.17, 15) is 4.79 Å². The number of hydrogen-bond donors (Lipinski definition) is 2. The molecule has 0 saturated carbocycles. The van der Waals surface area contributed by atoms with Crippen LogP contribution in [-0.4, -0.2) is 24.0 Å². The molecule has 1 amide bonds. The molecule has 1 aromatic rings. The molecule has 102 valence electrons. The number of carbonyl (C=O) groups excluding carboxylic acids is 1. The van der Waals surface area contributed by atoms with Gasteiger partial charge in [-0.15, -0.1) is 23.7 Å². The maximum atomic E-state index is 12.0. The zero-order chi connectivity index (χ0) is 12.4. The summed E-state index contributed by atoms with van der Waals surface area (Å²) in [6, 6.07) is 0. The van der Waals surface area contributed by atoms with Crippen molar-refractivity contribution in [1.29, 1.82) is 0 Å². The van der Waals surface area contributed by atoms with E-state index in [0.29, 0.717) is 11.8 Å². The van der Waals surface area contributed by atoms with Crippen LogP contribution in [0.25, 0.3) is 0 Å². The number of halogens is 1. The lowest BCUT2D eigenvalue weighted by molar-refractivity contribution is -0.121. The molecule has 1 aliphatic rings. The molecule has 0 aromatic carbocycles. The fourth-order valence-corrected chi connectivity index (χ4v) is 2.53. The zero-order valence-corrected chi connectivity index (χ0v) is 12.5. The normalized spacial score (nSPS) is 16.9. The number of rotatable bonds is 4. The fraction of sp³-hybridized carbons (Fsp3) is 0.667. The van der Waals surface area contributed by atoms with Crippen LogP contribution in [0.2, 0.25) is 0 Å². The van der Waals surface area contributed by atoms with Crippen LogP contribution in [0.4, 0.5) is 5.13 Å². The fourth-order valence-electron chi connectivity index (χ4n) is 1.71. The minimum atomic E-state index is 0. The van der Waals surface area contributed by atoms with Crippen molar-refractivity contribution >= 4 is 34.8 Å². The molecule has 1 aliphatic heterocycles. The predicted molar refractivity (Wildman–Crippen MR) is 77.6 cm³/mol. The van der Waals surface area contributed by atoms with Gasteiger partial charge in [0.1, 0.15) is 0 Å². The lowest BCUT2D eigenvalue weighted by Gasteiger charge is -2.31. The Bertz CT molecular complexity index is 404. The van der Waals surface area contributed by atoms with Gasteiger partial charge >= 0.3 is 0 Å². The summed E-state index contributed by atoms with van der Waals surface area (Å²) in [7, 11) is 0. The highest BCUT2D eigenvalue weighted by Crippen LogP contribution is 2.26. The van der Waals surface area contributed by atoms with Gasteiger partial charge in [-0.05, 0) is 24.9 Å². The van der Waals surface area contributed by atoms with Crippen LogP contribution in [0, 0.1) is 11.8 Å². The van der Waals surface area contributed by atoms with Crippen LogP contribution < -0.4 is 10.6 Å². The summed E-state index contributed by atoms with van der Waals surface area (Å²) >= 11 is 1.57. The minimum Gasteiger partial charge on any atom is -0.316 e. The van der Waals surface area contributed by atoms with E-state index < -0.39 is 0 Å². The highest BCUT2D eigenvalue weighted by molar-refractivity contribution is 7.15. The quantitative estimate of drug-likeness (QED) is 0.895. The summed E-state index contributed by atoms with van der Waals surface area (Å²) in [4.78, 5) is 17.4. The van der Waals surface area contributed by atoms with Gasteiger partial charge in [0.15, 0.2) is 5.13 Å². The molecule has 1 unspecified atom stereocenters. The summed E-state index contributed by atoms with van der Waals surface area (Å²) in [5, 5.41) is 6.81. The third kappa shape index (κ3) is 3.43. The molecule has 0 bridgehead atoms. The second-order valence-corrected chi connectivity index (χ2v) is 5.98. The summed E-state index contributed by atoms with van der Waals surface area (Å²) in [5.41, 5.74) is 0. The first-order valence-corrected chi connectivity index (χ1v) is 6.87. The first kappa shape index (κ1) is 15.4. The Morgan fingerprint density at radius 2 is 2.17 bits per heavy atom. The Hall–Kier alpha value is -0.650. The van der Waals surface area contributed by atoms with Gasteiger partial charge < -0.3 is 10.6 Å². The summed E-state index contributed by atoms with van der Waals surface area (Å²) in [5.74, 6) is 1.08. The van der Waals surface area contributed by atoms with Gasteiger partial charge in [0.2, 0.25) is 5.91 Å². The van der Waals surface area contributed by atoms with Crippen molar-refractivity contribution in [3.05, 3.63) is 11.1 Å². The average molecular weight is 290 g/mol. The second kappa shape index (κ2) is 6.50. The molecule has 1 saturated heterocycles. The van der Waals surface area contributed by atoms with Gasteiger partial charge in [-0.25, -0.2) is 4.98 Å². The molecule has 0 spiro atoms. The molecule has 4 nitrogen and oxygen atoms in total. The first-order chi connectivity index (χ1) is 8.08. The molecule has 1 atom stereocenters. The molecule has 2 N–H and O–H groups in total. The van der Waals surface area contributed by atoms with Crippen molar-refractivity contribution in [2.45, 2.75) is 26.7 Å². The molecule has 6 heteroatoms. The monoisotopic (exact) mass is 289 g/mol. The largest absolute Gasteiger partial charge is 0.316 e. The van der Waals surface area contributed by atoms with Crippen molar-refractivity contribution in [3.8, 4) is 0 Å². The Morgan fingerprint density at radius 1 is 1.50 bits per heavy atom. The van der Waals surface area contributed by atoms with Crippen LogP contribution in [0.3, 0.4) is 0 Å². The van der Waals surface area contributed by atoms with Crippen molar-refractivity contribution < 1.29 is 4.79 Å². The average Bonchev–Trinajstić information content (AvgIpc) is 2.63. The zero-order valence-electron chi connectivity index (χ0n) is 10.9. The molecule has 0 radical (unpaired) electrons. The molecular weight excluding hydrogens is 270 g/mol. The number of hydrogen-bond acceptors (Lipinski definition) is 4. The Labute approximate surface area is 118 Å². The van der Waals surface area contributed by atoms with Crippen molar-refractivity contribution in [1.82, 2.24) is 10.3 Å². The molecule has 0 aliphatic carbocycles. The van der Waals surface area contributed by atoms with E-state index in [2.05, 4.69) is 29.5 Å². The standard InChI is InChI=1S/C12H19N3OS.ClH/c1-7(2)10-6-14-12(17-10)15-11(16)8(3)9-4-13-5-9;/h6-9,13H,4-5H2,1-3H3,(H,14,15,16);1H. The van der Waals surface area contributed by atoms with E-state index >= 15 is 0 Å². The number of aromatic nitrogens is 1. The van der Waals surface area contributed by atoms with Gasteiger partial charge in [0.25, 0.3) is 0 Å². The SMILES string of the molecule is CC(C)c1cnc(NC(=O)C(C)C2CNC2)s1.Cl. The summed E-state index contributed by atoms with van der Waals surface area (Å²) in [6.07, 6.45) is 1.85. The van der Waals surface area contributed by atoms with Crippen LogP contribution in [0.5, 0.6) is 0 Å². The third-order valence-electron chi connectivity index (χ3n) is 3.26. The lowest BCUT2D eigenvalue weighted by atomic mass is 9.88. The smallest absolute Gasteiger partial charge is 0.229 e. The van der Waals surface area contributed by atoms with E-state index in [-0.39, 0.29) is 24.2 Å². The topological polar surface area (TPSA) is 54.0 Å². The van der Waals surface area contributed by atoms with E-state index in [1.807, 2.05) is 13.1 Å². The summed E-state index contributed by atoms with van der Waals surface area (Å²) < 4.78 is 0. The number of amides is 1. The Balaban J connectivity index is 0.00000162.